The van der Waals surface area contributed by atoms with Gasteiger partial charge in [-0.05, 0) is 68.3 Å². The Labute approximate surface area is 202 Å². The molecule has 0 bridgehead atoms. The third kappa shape index (κ3) is 4.50. The number of carbonyl (C=O) groups excluding carboxylic acids is 1. The first-order valence-corrected chi connectivity index (χ1v) is 11.5. The molecule has 7 heteroatoms. The van der Waals surface area contributed by atoms with Crippen LogP contribution in [-0.2, 0) is 6.54 Å². The molecule has 0 unspecified atom stereocenters. The average molecular weight is 483 g/mol. The summed E-state index contributed by atoms with van der Waals surface area (Å²) in [4.78, 5) is 14.3. The highest BCUT2D eigenvalue weighted by molar-refractivity contribution is 6.31. The molecule has 0 aliphatic heterocycles. The fourth-order valence-corrected chi connectivity index (χ4v) is 4.27. The molecule has 4 nitrogen and oxygen atoms in total. The number of hydrogen-bond donors (Lipinski definition) is 0. The maximum atomic E-state index is 14.8. The molecule has 0 N–H and O–H groups in total. The minimum Gasteiger partial charge on any atom is -0.410 e. The molecule has 4 aromatic rings. The average Bonchev–Trinajstić information content (AvgIpc) is 3.23. The van der Waals surface area contributed by atoms with Crippen LogP contribution in [-0.4, -0.2) is 28.6 Å². The molecular weight excluding hydrogens is 458 g/mol. The second-order valence-electron chi connectivity index (χ2n) is 8.02. The van der Waals surface area contributed by atoms with Gasteiger partial charge in [0.2, 0.25) is 0 Å². The summed E-state index contributed by atoms with van der Waals surface area (Å²) in [5, 5.41) is 1.15. The van der Waals surface area contributed by atoms with Crippen LogP contribution in [0.15, 0.2) is 60.8 Å². The second-order valence-corrected chi connectivity index (χ2v) is 8.43. The zero-order chi connectivity index (χ0) is 24.4. The molecule has 1 amide bonds. The van der Waals surface area contributed by atoms with Crippen molar-refractivity contribution in [3.05, 3.63) is 88.6 Å². The summed E-state index contributed by atoms with van der Waals surface area (Å²) in [7, 11) is 0. The quantitative estimate of drug-likeness (QED) is 0.286. The summed E-state index contributed by atoms with van der Waals surface area (Å²) >= 11 is 6.30. The lowest BCUT2D eigenvalue weighted by molar-refractivity contribution is 0.157. The molecule has 3 aromatic carbocycles. The van der Waals surface area contributed by atoms with Gasteiger partial charge in [0.05, 0.1) is 6.54 Å². The molecule has 0 saturated heterocycles. The molecule has 0 saturated carbocycles. The number of carbonyl (C=O) groups is 1. The van der Waals surface area contributed by atoms with Crippen LogP contribution in [0, 0.1) is 18.6 Å². The topological polar surface area (TPSA) is 34.5 Å². The smallest absolute Gasteiger partial charge is 0.410 e. The minimum absolute atomic E-state index is 0.233. The van der Waals surface area contributed by atoms with Crippen LogP contribution < -0.4 is 4.74 Å². The maximum absolute atomic E-state index is 14.8. The molecule has 4 rings (SSSR count). The summed E-state index contributed by atoms with van der Waals surface area (Å²) in [6, 6.07) is 14.8. The van der Waals surface area contributed by atoms with E-state index in [-0.39, 0.29) is 18.2 Å². The summed E-state index contributed by atoms with van der Waals surface area (Å²) in [5.74, 6) is -0.328. The van der Waals surface area contributed by atoms with Crippen molar-refractivity contribution in [3.8, 4) is 16.9 Å². The SMILES string of the molecule is CCN(CC)C(=O)Oc1ccc2c(ccn2Cc2c(Cl)ccc(C)c2F)c1-c1ccc(F)cc1. The molecule has 0 radical (unpaired) electrons. The predicted molar refractivity (Wildman–Crippen MR) is 132 cm³/mol. The normalized spacial score (nSPS) is 11.1. The fourth-order valence-electron chi connectivity index (χ4n) is 4.06. The third-order valence-corrected chi connectivity index (χ3v) is 6.33. The van der Waals surface area contributed by atoms with E-state index in [9.17, 15) is 13.6 Å². The lowest BCUT2D eigenvalue weighted by atomic mass is 10.0. The maximum Gasteiger partial charge on any atom is 0.415 e. The van der Waals surface area contributed by atoms with Gasteiger partial charge in [0.25, 0.3) is 0 Å². The molecule has 34 heavy (non-hydrogen) atoms. The molecule has 0 spiro atoms. The van der Waals surface area contributed by atoms with Crippen LogP contribution in [0.5, 0.6) is 5.75 Å². The van der Waals surface area contributed by atoms with Crippen LogP contribution in [0.4, 0.5) is 13.6 Å². The van der Waals surface area contributed by atoms with E-state index < -0.39 is 6.09 Å². The van der Waals surface area contributed by atoms with Gasteiger partial charge >= 0.3 is 6.09 Å². The second kappa shape index (κ2) is 9.85. The van der Waals surface area contributed by atoms with Gasteiger partial charge in [-0.25, -0.2) is 13.6 Å². The number of halogens is 3. The molecule has 1 heterocycles. The third-order valence-electron chi connectivity index (χ3n) is 5.97. The number of nitrogens with zero attached hydrogens (tertiary/aromatic N) is 2. The zero-order valence-electron chi connectivity index (χ0n) is 19.2. The van der Waals surface area contributed by atoms with Crippen molar-refractivity contribution < 1.29 is 18.3 Å². The Balaban J connectivity index is 1.84. The van der Waals surface area contributed by atoms with E-state index in [1.807, 2.05) is 36.7 Å². The van der Waals surface area contributed by atoms with Crippen molar-refractivity contribution in [3.63, 3.8) is 0 Å². The summed E-state index contributed by atoms with van der Waals surface area (Å²) < 4.78 is 36.1. The highest BCUT2D eigenvalue weighted by Crippen LogP contribution is 2.38. The fraction of sp³-hybridized carbons (Fsp3) is 0.222. The minimum atomic E-state index is -0.458. The van der Waals surface area contributed by atoms with Crippen LogP contribution >= 0.6 is 11.6 Å². The Morgan fingerprint density at radius 1 is 1.00 bits per heavy atom. The highest BCUT2D eigenvalue weighted by Gasteiger charge is 2.20. The molecule has 1 aromatic heterocycles. The van der Waals surface area contributed by atoms with Crippen molar-refractivity contribution in [1.29, 1.82) is 0 Å². The Morgan fingerprint density at radius 3 is 2.38 bits per heavy atom. The largest absolute Gasteiger partial charge is 0.415 e. The standard InChI is InChI=1S/C27H25ClF2N2O2/c1-4-31(5-2)27(33)34-24-13-12-23-20(25(24)18-7-9-19(29)10-8-18)14-15-32(23)16-21-22(28)11-6-17(3)26(21)30/h6-15H,4-5,16H2,1-3H3. The van der Waals surface area contributed by atoms with Gasteiger partial charge in [-0.3, -0.25) is 0 Å². The Bertz CT molecular complexity index is 1350. The van der Waals surface area contributed by atoms with Gasteiger partial charge < -0.3 is 14.2 Å². The number of ether oxygens (including phenoxy) is 1. The van der Waals surface area contributed by atoms with E-state index in [0.717, 1.165) is 10.9 Å². The zero-order valence-corrected chi connectivity index (χ0v) is 20.0. The Morgan fingerprint density at radius 2 is 1.71 bits per heavy atom. The molecule has 176 valence electrons. The van der Waals surface area contributed by atoms with Gasteiger partial charge in [0.1, 0.15) is 17.4 Å². The lowest BCUT2D eigenvalue weighted by Gasteiger charge is -2.20. The Hall–Kier alpha value is -3.38. The van der Waals surface area contributed by atoms with Crippen molar-refractivity contribution in [2.75, 3.05) is 13.1 Å². The number of amides is 1. The first-order chi connectivity index (χ1) is 16.3. The van der Waals surface area contributed by atoms with Crippen LogP contribution in [0.2, 0.25) is 5.02 Å². The van der Waals surface area contributed by atoms with E-state index >= 15 is 0 Å². The number of fused-ring (bicyclic) bond motifs is 1. The van der Waals surface area contributed by atoms with Gasteiger partial charge in [0.15, 0.2) is 0 Å². The van der Waals surface area contributed by atoms with Crippen LogP contribution in [0.3, 0.4) is 0 Å². The Kier molecular flexibility index (Phi) is 6.89. The van der Waals surface area contributed by atoms with E-state index in [0.29, 0.717) is 46.1 Å². The number of hydrogen-bond acceptors (Lipinski definition) is 2. The van der Waals surface area contributed by atoms with Gasteiger partial charge in [-0.2, -0.15) is 0 Å². The number of benzene rings is 3. The molecule has 0 fully saturated rings. The molecule has 0 aliphatic carbocycles. The monoisotopic (exact) mass is 482 g/mol. The summed E-state index contributed by atoms with van der Waals surface area (Å²) in [6.07, 6.45) is 1.38. The number of rotatable bonds is 6. The van der Waals surface area contributed by atoms with E-state index in [1.54, 1.807) is 42.2 Å². The highest BCUT2D eigenvalue weighted by atomic mass is 35.5. The first kappa shape index (κ1) is 23.8. The first-order valence-electron chi connectivity index (χ1n) is 11.1. The molecule has 0 atom stereocenters. The van der Waals surface area contributed by atoms with Gasteiger partial charge in [-0.1, -0.05) is 29.8 Å². The predicted octanol–water partition coefficient (Wildman–Crippen LogP) is 7.44. The van der Waals surface area contributed by atoms with Crippen molar-refractivity contribution in [2.24, 2.45) is 0 Å². The van der Waals surface area contributed by atoms with E-state index in [2.05, 4.69) is 0 Å². The van der Waals surface area contributed by atoms with Crippen molar-refractivity contribution in [2.45, 2.75) is 27.3 Å². The number of aryl methyl sites for hydroxylation is 1. The summed E-state index contributed by atoms with van der Waals surface area (Å²) in [5.41, 5.74) is 3.09. The van der Waals surface area contributed by atoms with E-state index in [1.165, 1.54) is 12.1 Å². The van der Waals surface area contributed by atoms with Crippen LogP contribution in [0.25, 0.3) is 22.0 Å². The summed E-state index contributed by atoms with van der Waals surface area (Å²) in [6.45, 7) is 6.73. The van der Waals surface area contributed by atoms with E-state index in [4.69, 9.17) is 16.3 Å². The van der Waals surface area contributed by atoms with Crippen molar-refractivity contribution >= 4 is 28.6 Å². The lowest BCUT2D eigenvalue weighted by Crippen LogP contribution is -2.33. The van der Waals surface area contributed by atoms with Crippen molar-refractivity contribution in [1.82, 2.24) is 9.47 Å². The molecule has 0 aliphatic rings. The molecular formula is C27H25ClF2N2O2. The van der Waals surface area contributed by atoms with Crippen LogP contribution in [0.1, 0.15) is 25.0 Å². The van der Waals surface area contributed by atoms with Gasteiger partial charge in [0, 0.05) is 46.3 Å². The van der Waals surface area contributed by atoms with Gasteiger partial charge in [-0.15, -0.1) is 0 Å². The number of aromatic nitrogens is 1.